The van der Waals surface area contributed by atoms with E-state index in [-0.39, 0.29) is 5.96 Å². The molecule has 3 N–H and O–H groups in total. The fourth-order valence-corrected chi connectivity index (χ4v) is 0.882. The molecule has 1 aromatic carbocycles. The van der Waals surface area contributed by atoms with E-state index in [0.29, 0.717) is 6.54 Å². The molecule has 0 heterocycles. The summed E-state index contributed by atoms with van der Waals surface area (Å²) in [5.74, 6) is 0.145. The third-order valence-electron chi connectivity index (χ3n) is 1.49. The topological polar surface area (TPSA) is 74.2 Å². The van der Waals surface area contributed by atoms with E-state index in [1.165, 1.54) is 0 Å². The number of hydrogen-bond acceptors (Lipinski definition) is 2. The number of rotatable bonds is 2. The van der Waals surface area contributed by atoms with Gasteiger partial charge in [-0.25, -0.2) is 0 Å². The Labute approximate surface area is 76.7 Å². The molecule has 0 atom stereocenters. The highest BCUT2D eigenvalue weighted by atomic mass is 15.1. The molecule has 0 saturated heterocycles. The van der Waals surface area contributed by atoms with E-state index in [4.69, 9.17) is 11.0 Å². The first-order valence-corrected chi connectivity index (χ1v) is 3.83. The molecule has 4 nitrogen and oxygen atoms in total. The standard InChI is InChI=1S/C9H10N4/c10-7-13-9(11)12-6-8-4-2-1-3-5-8/h1-5H,6H2,(H3,11,12,13). The summed E-state index contributed by atoms with van der Waals surface area (Å²) in [7, 11) is 0. The first-order chi connectivity index (χ1) is 6.33. The minimum Gasteiger partial charge on any atom is -0.369 e. The second-order valence-corrected chi connectivity index (χ2v) is 2.44. The summed E-state index contributed by atoms with van der Waals surface area (Å²) in [5.41, 5.74) is 6.44. The van der Waals surface area contributed by atoms with Crippen LogP contribution < -0.4 is 11.1 Å². The minimum atomic E-state index is 0.145. The maximum Gasteiger partial charge on any atom is 0.209 e. The molecule has 0 aliphatic carbocycles. The van der Waals surface area contributed by atoms with Gasteiger partial charge in [0.15, 0.2) is 0 Å². The van der Waals surface area contributed by atoms with E-state index >= 15 is 0 Å². The van der Waals surface area contributed by atoms with Crippen LogP contribution in [0.5, 0.6) is 0 Å². The van der Waals surface area contributed by atoms with Crippen LogP contribution in [0.4, 0.5) is 0 Å². The molecule has 1 rings (SSSR count). The molecule has 66 valence electrons. The SMILES string of the molecule is N#CN=C(N)NCc1ccccc1. The first-order valence-electron chi connectivity index (χ1n) is 3.83. The van der Waals surface area contributed by atoms with Gasteiger partial charge in [-0.05, 0) is 5.56 Å². The van der Waals surface area contributed by atoms with Crippen LogP contribution in [0.1, 0.15) is 5.56 Å². The minimum absolute atomic E-state index is 0.145. The van der Waals surface area contributed by atoms with E-state index in [0.717, 1.165) is 5.56 Å². The Morgan fingerprint density at radius 3 is 2.77 bits per heavy atom. The summed E-state index contributed by atoms with van der Waals surface area (Å²) in [5, 5.41) is 11.0. The van der Waals surface area contributed by atoms with Gasteiger partial charge < -0.3 is 11.1 Å². The molecule has 0 bridgehead atoms. The van der Waals surface area contributed by atoms with Gasteiger partial charge in [-0.15, -0.1) is 4.99 Å². The van der Waals surface area contributed by atoms with Crippen molar-refractivity contribution in [2.75, 3.05) is 0 Å². The Kier molecular flexibility index (Phi) is 3.33. The summed E-state index contributed by atoms with van der Waals surface area (Å²) < 4.78 is 0. The van der Waals surface area contributed by atoms with Crippen molar-refractivity contribution >= 4 is 5.96 Å². The van der Waals surface area contributed by atoms with Crippen molar-refractivity contribution in [2.24, 2.45) is 10.7 Å². The number of nitriles is 1. The second-order valence-electron chi connectivity index (χ2n) is 2.44. The zero-order valence-corrected chi connectivity index (χ0v) is 7.07. The van der Waals surface area contributed by atoms with Gasteiger partial charge in [0.2, 0.25) is 12.2 Å². The van der Waals surface area contributed by atoms with Crippen LogP contribution in [0.25, 0.3) is 0 Å². The molecule has 4 heteroatoms. The summed E-state index contributed by atoms with van der Waals surface area (Å²) in [6.07, 6.45) is 1.60. The van der Waals surface area contributed by atoms with Gasteiger partial charge in [0, 0.05) is 6.54 Å². The van der Waals surface area contributed by atoms with Gasteiger partial charge in [-0.2, -0.15) is 5.26 Å². The van der Waals surface area contributed by atoms with E-state index in [9.17, 15) is 0 Å². The molecule has 0 amide bonds. The molecule has 0 aliphatic heterocycles. The smallest absolute Gasteiger partial charge is 0.209 e. The number of nitrogens with zero attached hydrogens (tertiary/aromatic N) is 2. The lowest BCUT2D eigenvalue weighted by Gasteiger charge is -2.02. The van der Waals surface area contributed by atoms with Crippen LogP contribution >= 0.6 is 0 Å². The third-order valence-corrected chi connectivity index (χ3v) is 1.49. The van der Waals surface area contributed by atoms with Crippen LogP contribution in [-0.4, -0.2) is 5.96 Å². The van der Waals surface area contributed by atoms with Gasteiger partial charge in [0.05, 0.1) is 0 Å². The Hall–Kier alpha value is -2.02. The van der Waals surface area contributed by atoms with Crippen molar-refractivity contribution in [3.8, 4) is 6.19 Å². The lowest BCUT2D eigenvalue weighted by molar-refractivity contribution is 0.904. The van der Waals surface area contributed by atoms with Gasteiger partial charge in [0.1, 0.15) is 0 Å². The number of benzene rings is 1. The van der Waals surface area contributed by atoms with Crippen LogP contribution in [0, 0.1) is 11.5 Å². The van der Waals surface area contributed by atoms with E-state index < -0.39 is 0 Å². The average Bonchev–Trinajstić information content (AvgIpc) is 2.17. The molecular weight excluding hydrogens is 164 g/mol. The van der Waals surface area contributed by atoms with Crippen molar-refractivity contribution in [2.45, 2.75) is 6.54 Å². The average molecular weight is 174 g/mol. The lowest BCUT2D eigenvalue weighted by Crippen LogP contribution is -2.30. The fraction of sp³-hybridized carbons (Fsp3) is 0.111. The molecule has 0 spiro atoms. The monoisotopic (exact) mass is 174 g/mol. The summed E-state index contributed by atoms with van der Waals surface area (Å²) in [4.78, 5) is 3.33. The molecule has 0 aliphatic rings. The highest BCUT2D eigenvalue weighted by molar-refractivity contribution is 5.78. The lowest BCUT2D eigenvalue weighted by atomic mass is 10.2. The predicted octanol–water partition coefficient (Wildman–Crippen LogP) is 0.572. The molecule has 13 heavy (non-hydrogen) atoms. The van der Waals surface area contributed by atoms with Crippen molar-refractivity contribution in [1.29, 1.82) is 5.26 Å². The van der Waals surface area contributed by atoms with Crippen molar-refractivity contribution in [3.05, 3.63) is 35.9 Å². The molecule has 0 fully saturated rings. The number of nitrogens with two attached hydrogens (primary N) is 1. The third kappa shape index (κ3) is 3.25. The highest BCUT2D eigenvalue weighted by Gasteiger charge is 1.91. The van der Waals surface area contributed by atoms with Gasteiger partial charge in [-0.3, -0.25) is 0 Å². The maximum atomic E-state index is 8.18. The number of guanidine groups is 1. The predicted molar refractivity (Wildman–Crippen MR) is 50.5 cm³/mol. The molecular formula is C9H10N4. The zero-order valence-electron chi connectivity index (χ0n) is 7.07. The fourth-order valence-electron chi connectivity index (χ4n) is 0.882. The summed E-state index contributed by atoms with van der Waals surface area (Å²) in [6.45, 7) is 0.581. The molecule has 0 unspecified atom stereocenters. The number of nitrogens with one attached hydrogen (secondary N) is 1. The van der Waals surface area contributed by atoms with Crippen LogP contribution in [0.3, 0.4) is 0 Å². The molecule has 1 aromatic rings. The van der Waals surface area contributed by atoms with Gasteiger partial charge >= 0.3 is 0 Å². The number of hydrogen-bond donors (Lipinski definition) is 2. The maximum absolute atomic E-state index is 8.18. The summed E-state index contributed by atoms with van der Waals surface area (Å²) in [6, 6.07) is 9.75. The Morgan fingerprint density at radius 1 is 1.46 bits per heavy atom. The normalized spacial score (nSPS) is 10.5. The van der Waals surface area contributed by atoms with E-state index in [1.807, 2.05) is 30.3 Å². The Bertz CT molecular complexity index is 323. The summed E-state index contributed by atoms with van der Waals surface area (Å²) >= 11 is 0. The largest absolute Gasteiger partial charge is 0.369 e. The molecule has 0 radical (unpaired) electrons. The van der Waals surface area contributed by atoms with E-state index in [1.54, 1.807) is 6.19 Å². The van der Waals surface area contributed by atoms with Crippen LogP contribution in [0.2, 0.25) is 0 Å². The zero-order chi connectivity index (χ0) is 9.52. The van der Waals surface area contributed by atoms with Crippen molar-refractivity contribution < 1.29 is 0 Å². The van der Waals surface area contributed by atoms with Gasteiger partial charge in [0.25, 0.3) is 0 Å². The molecule has 0 aromatic heterocycles. The first kappa shape index (κ1) is 9.07. The van der Waals surface area contributed by atoms with Crippen LogP contribution in [-0.2, 0) is 6.54 Å². The quantitative estimate of drug-likeness (QED) is 0.391. The van der Waals surface area contributed by atoms with Crippen LogP contribution in [0.15, 0.2) is 35.3 Å². The van der Waals surface area contributed by atoms with Crippen molar-refractivity contribution in [3.63, 3.8) is 0 Å². The van der Waals surface area contributed by atoms with Crippen molar-refractivity contribution in [1.82, 2.24) is 5.32 Å². The molecule has 0 saturated carbocycles. The number of aliphatic imine (C=N–C) groups is 1. The Morgan fingerprint density at radius 2 is 2.15 bits per heavy atom. The Balaban J connectivity index is 2.45. The van der Waals surface area contributed by atoms with E-state index in [2.05, 4.69) is 10.3 Å². The highest BCUT2D eigenvalue weighted by Crippen LogP contribution is 1.96. The second kappa shape index (κ2) is 4.78. The van der Waals surface area contributed by atoms with Gasteiger partial charge in [-0.1, -0.05) is 30.3 Å².